The minimum absolute atomic E-state index is 0.532. The Balaban J connectivity index is 0. The van der Waals surface area contributed by atoms with Gasteiger partial charge in [0.1, 0.15) is 6.04 Å². The largest absolute Gasteiger partial charge is 0.481 e. The molecule has 0 amide bonds. The van der Waals surface area contributed by atoms with E-state index in [1.807, 2.05) is 0 Å². The van der Waals surface area contributed by atoms with Gasteiger partial charge in [0.25, 0.3) is 0 Å². The van der Waals surface area contributed by atoms with Gasteiger partial charge in [-0.05, 0) is 6.16 Å². The molecule has 0 bridgehead atoms. The number of aliphatic carboxylic acids is 2. The fourth-order valence-corrected chi connectivity index (χ4v) is 0.888. The summed E-state index contributed by atoms with van der Waals surface area (Å²) < 4.78 is 0. The summed E-state index contributed by atoms with van der Waals surface area (Å²) >= 11 is 0. The summed E-state index contributed by atoms with van der Waals surface area (Å²) in [4.78, 5) is 19.6. The first-order chi connectivity index (χ1) is 6.45. The highest BCUT2D eigenvalue weighted by molar-refractivity contribution is 7.16. The number of carbonyl (C=O) groups is 2. The van der Waals surface area contributed by atoms with E-state index >= 15 is 0 Å². The second-order valence-corrected chi connectivity index (χ2v) is 3.26. The second kappa shape index (κ2) is 10.4. The molecule has 0 aromatic heterocycles. The van der Waals surface area contributed by atoms with Gasteiger partial charge in [0.15, 0.2) is 0 Å². The topological polar surface area (TPSA) is 101 Å². The molecule has 0 heterocycles. The molecule has 2 atom stereocenters. The lowest BCUT2D eigenvalue weighted by Gasteiger charge is -1.99. The van der Waals surface area contributed by atoms with Gasteiger partial charge in [-0.15, -0.1) is 9.24 Å². The molecule has 14 heavy (non-hydrogen) atoms. The number of hydrogen-bond donors (Lipinski definition) is 3. The summed E-state index contributed by atoms with van der Waals surface area (Å²) in [6.45, 7) is 2.20. The molecule has 6 heteroatoms. The lowest BCUT2D eigenvalue weighted by atomic mass is 10.2. The molecule has 0 saturated carbocycles. The maximum Gasteiger partial charge on any atom is 0.321 e. The molecule has 0 spiro atoms. The minimum atomic E-state index is -1.29. The minimum Gasteiger partial charge on any atom is -0.481 e. The number of carboxylic acids is 2. The van der Waals surface area contributed by atoms with Crippen LogP contribution in [0.2, 0.25) is 0 Å². The van der Waals surface area contributed by atoms with E-state index in [1.54, 1.807) is 0 Å². The summed E-state index contributed by atoms with van der Waals surface area (Å²) in [5, 5.41) is 16.0. The van der Waals surface area contributed by atoms with Crippen LogP contribution in [-0.4, -0.2) is 34.4 Å². The molecule has 0 aliphatic rings. The Bertz CT molecular complexity index is 173. The fraction of sp³-hybridized carbons (Fsp3) is 0.750. The van der Waals surface area contributed by atoms with Crippen LogP contribution in [0.5, 0.6) is 0 Å². The average molecular weight is 223 g/mol. The van der Waals surface area contributed by atoms with Gasteiger partial charge in [-0.1, -0.05) is 19.8 Å². The van der Waals surface area contributed by atoms with E-state index in [0.29, 0.717) is 0 Å². The van der Waals surface area contributed by atoms with Crippen LogP contribution in [0, 0.1) is 0 Å². The molecule has 1 unspecified atom stereocenters. The van der Waals surface area contributed by atoms with Crippen LogP contribution >= 0.6 is 9.24 Å². The van der Waals surface area contributed by atoms with E-state index in [9.17, 15) is 9.59 Å². The van der Waals surface area contributed by atoms with Crippen LogP contribution in [0.15, 0.2) is 0 Å². The van der Waals surface area contributed by atoms with E-state index < -0.39 is 24.4 Å². The lowest BCUT2D eigenvalue weighted by molar-refractivity contribution is -0.144. The van der Waals surface area contributed by atoms with Gasteiger partial charge in [-0.2, -0.15) is 0 Å². The van der Waals surface area contributed by atoms with Crippen molar-refractivity contribution in [1.82, 2.24) is 0 Å². The Hall–Kier alpha value is -0.670. The average Bonchev–Trinajstić information content (AvgIpc) is 2.05. The quantitative estimate of drug-likeness (QED) is 0.590. The molecular weight excluding hydrogens is 205 g/mol. The van der Waals surface area contributed by atoms with Crippen molar-refractivity contribution in [3.8, 4) is 0 Å². The molecule has 0 radical (unpaired) electrons. The number of carboxylic acid groups (broad SMARTS) is 2. The van der Waals surface area contributed by atoms with Gasteiger partial charge in [0.2, 0.25) is 0 Å². The molecule has 4 N–H and O–H groups in total. The third-order valence-electron chi connectivity index (χ3n) is 1.27. The number of nitrogens with two attached hydrogens (primary N) is 1. The fourth-order valence-electron chi connectivity index (χ4n) is 0.480. The van der Waals surface area contributed by atoms with Crippen molar-refractivity contribution in [3.63, 3.8) is 0 Å². The SMILES string of the molecule is CCCCP.N[C@@H](CC(=O)O)C(=O)O. The highest BCUT2D eigenvalue weighted by Crippen LogP contribution is 1.89. The summed E-state index contributed by atoms with van der Waals surface area (Å²) in [6.07, 6.45) is 3.40. The van der Waals surface area contributed by atoms with Gasteiger partial charge in [-0.25, -0.2) is 0 Å². The molecule has 0 aromatic carbocycles. The molecule has 0 aliphatic heterocycles. The van der Waals surface area contributed by atoms with Crippen molar-refractivity contribution >= 4 is 21.2 Å². The number of hydrogen-bond acceptors (Lipinski definition) is 3. The molecule has 84 valence electrons. The molecular formula is C8H18NO4P. The van der Waals surface area contributed by atoms with Crippen LogP contribution in [-0.2, 0) is 9.59 Å². The van der Waals surface area contributed by atoms with Crippen molar-refractivity contribution in [1.29, 1.82) is 0 Å². The first kappa shape index (κ1) is 15.8. The van der Waals surface area contributed by atoms with Crippen LogP contribution in [0.1, 0.15) is 26.2 Å². The Morgan fingerprint density at radius 1 is 1.43 bits per heavy atom. The van der Waals surface area contributed by atoms with Crippen molar-refractivity contribution in [3.05, 3.63) is 0 Å². The van der Waals surface area contributed by atoms with Crippen LogP contribution in [0.3, 0.4) is 0 Å². The van der Waals surface area contributed by atoms with E-state index in [0.717, 1.165) is 0 Å². The third kappa shape index (κ3) is 13.9. The van der Waals surface area contributed by atoms with Crippen LogP contribution in [0.25, 0.3) is 0 Å². The number of unbranched alkanes of at least 4 members (excludes halogenated alkanes) is 1. The standard InChI is InChI=1S/C4H7NO4.C4H11P/c5-2(4(8)9)1-3(6)7;1-2-3-4-5/h2H,1,5H2,(H,6,7)(H,8,9);2-5H2,1H3/t2-;/m0./s1. The summed E-state index contributed by atoms with van der Waals surface area (Å²) in [5.74, 6) is -2.50. The van der Waals surface area contributed by atoms with E-state index in [1.165, 1.54) is 19.0 Å². The van der Waals surface area contributed by atoms with Gasteiger partial charge >= 0.3 is 11.9 Å². The van der Waals surface area contributed by atoms with Crippen LogP contribution in [0.4, 0.5) is 0 Å². The van der Waals surface area contributed by atoms with Gasteiger partial charge in [0, 0.05) is 0 Å². The van der Waals surface area contributed by atoms with E-state index in [2.05, 4.69) is 16.2 Å². The molecule has 5 nitrogen and oxygen atoms in total. The van der Waals surface area contributed by atoms with Gasteiger partial charge in [-0.3, -0.25) is 9.59 Å². The number of rotatable bonds is 5. The molecule has 0 aliphatic carbocycles. The van der Waals surface area contributed by atoms with E-state index in [-0.39, 0.29) is 0 Å². The third-order valence-corrected chi connectivity index (χ3v) is 1.68. The monoisotopic (exact) mass is 223 g/mol. The van der Waals surface area contributed by atoms with Crippen molar-refractivity contribution in [2.24, 2.45) is 5.73 Å². The maximum atomic E-state index is 9.85. The zero-order valence-electron chi connectivity index (χ0n) is 8.27. The van der Waals surface area contributed by atoms with Crippen molar-refractivity contribution in [2.45, 2.75) is 32.2 Å². The van der Waals surface area contributed by atoms with Gasteiger partial charge < -0.3 is 15.9 Å². The van der Waals surface area contributed by atoms with Crippen molar-refractivity contribution in [2.75, 3.05) is 6.16 Å². The molecule has 0 rings (SSSR count). The molecule has 0 fully saturated rings. The zero-order chi connectivity index (χ0) is 11.6. The lowest BCUT2D eigenvalue weighted by Crippen LogP contribution is -2.32. The normalized spacial score (nSPS) is 11.1. The molecule has 0 saturated heterocycles. The Morgan fingerprint density at radius 3 is 2.00 bits per heavy atom. The smallest absolute Gasteiger partial charge is 0.321 e. The first-order valence-electron chi connectivity index (χ1n) is 4.35. The first-order valence-corrected chi connectivity index (χ1v) is 5.17. The summed E-state index contributed by atoms with van der Waals surface area (Å²) in [6, 6.07) is -1.29. The predicted octanol–water partition coefficient (Wildman–Crippen LogP) is 0.535. The Labute approximate surface area is 85.9 Å². The predicted molar refractivity (Wildman–Crippen MR) is 57.3 cm³/mol. The van der Waals surface area contributed by atoms with Gasteiger partial charge in [0.05, 0.1) is 6.42 Å². The van der Waals surface area contributed by atoms with Crippen LogP contribution < -0.4 is 5.73 Å². The van der Waals surface area contributed by atoms with Crippen molar-refractivity contribution < 1.29 is 19.8 Å². The Morgan fingerprint density at radius 2 is 1.93 bits per heavy atom. The highest BCUT2D eigenvalue weighted by atomic mass is 31.0. The highest BCUT2D eigenvalue weighted by Gasteiger charge is 2.14. The second-order valence-electron chi connectivity index (χ2n) is 2.68. The Kier molecular flexibility index (Phi) is 11.7. The summed E-state index contributed by atoms with van der Waals surface area (Å²) in [7, 11) is 2.70. The molecule has 0 aromatic rings. The maximum absolute atomic E-state index is 9.85. The van der Waals surface area contributed by atoms with E-state index in [4.69, 9.17) is 15.9 Å². The zero-order valence-corrected chi connectivity index (χ0v) is 9.43. The summed E-state index contributed by atoms with van der Waals surface area (Å²) in [5.41, 5.74) is 4.84.